The summed E-state index contributed by atoms with van der Waals surface area (Å²) in [6.45, 7) is 1.99. The first-order valence-electron chi connectivity index (χ1n) is 3.05. The van der Waals surface area contributed by atoms with Crippen molar-refractivity contribution >= 4 is 5.78 Å². The topological polar surface area (TPSA) is 20.3 Å². The lowest BCUT2D eigenvalue weighted by molar-refractivity contribution is -0.119. The SMILES string of the molecule is CCC(=O)CCN(C)F. The van der Waals surface area contributed by atoms with E-state index in [2.05, 4.69) is 0 Å². The van der Waals surface area contributed by atoms with Crippen LogP contribution in [-0.4, -0.2) is 24.5 Å². The van der Waals surface area contributed by atoms with E-state index in [4.69, 9.17) is 0 Å². The number of carbonyl (C=O) groups excluding carboxylic acids is 1. The Hall–Kier alpha value is -0.440. The molecule has 0 N–H and O–H groups in total. The third-order valence-corrected chi connectivity index (χ3v) is 1.09. The first-order chi connectivity index (χ1) is 4.16. The van der Waals surface area contributed by atoms with Gasteiger partial charge in [-0.1, -0.05) is 6.92 Å². The van der Waals surface area contributed by atoms with E-state index in [9.17, 15) is 9.28 Å². The molecule has 0 radical (unpaired) electrons. The van der Waals surface area contributed by atoms with Crippen LogP contribution in [0.1, 0.15) is 19.8 Å². The molecule has 0 heterocycles. The Morgan fingerprint density at radius 3 is 2.56 bits per heavy atom. The number of rotatable bonds is 4. The van der Waals surface area contributed by atoms with E-state index in [1.165, 1.54) is 7.05 Å². The number of nitrogens with zero attached hydrogens (tertiary/aromatic N) is 1. The summed E-state index contributed by atoms with van der Waals surface area (Å²) < 4.78 is 11.9. The normalized spacial score (nSPS) is 10.2. The Bertz CT molecular complexity index is 93.1. The van der Waals surface area contributed by atoms with Crippen molar-refractivity contribution in [3.63, 3.8) is 0 Å². The van der Waals surface area contributed by atoms with E-state index >= 15 is 0 Å². The molecule has 0 spiro atoms. The van der Waals surface area contributed by atoms with Crippen molar-refractivity contribution in [3.8, 4) is 0 Å². The van der Waals surface area contributed by atoms with Gasteiger partial charge >= 0.3 is 0 Å². The summed E-state index contributed by atoms with van der Waals surface area (Å²) in [7, 11) is 1.31. The van der Waals surface area contributed by atoms with Crippen molar-refractivity contribution in [2.75, 3.05) is 13.6 Å². The molecule has 0 saturated heterocycles. The summed E-state index contributed by atoms with van der Waals surface area (Å²) in [6.07, 6.45) is 0.831. The monoisotopic (exact) mass is 133 g/mol. The Labute approximate surface area is 54.6 Å². The zero-order chi connectivity index (χ0) is 7.28. The van der Waals surface area contributed by atoms with Crippen molar-refractivity contribution in [2.45, 2.75) is 19.8 Å². The highest BCUT2D eigenvalue weighted by Gasteiger charge is 1.99. The average molecular weight is 133 g/mol. The molecule has 0 aliphatic rings. The minimum atomic E-state index is 0.111. The van der Waals surface area contributed by atoms with E-state index in [0.29, 0.717) is 18.0 Å². The lowest BCUT2D eigenvalue weighted by atomic mass is 10.2. The van der Waals surface area contributed by atoms with E-state index in [1.807, 2.05) is 0 Å². The summed E-state index contributed by atoms with van der Waals surface area (Å²) in [4.78, 5) is 10.5. The highest BCUT2D eigenvalue weighted by Crippen LogP contribution is 1.91. The van der Waals surface area contributed by atoms with Crippen molar-refractivity contribution in [2.24, 2.45) is 0 Å². The zero-order valence-corrected chi connectivity index (χ0v) is 5.85. The van der Waals surface area contributed by atoms with Crippen LogP contribution >= 0.6 is 0 Å². The van der Waals surface area contributed by atoms with Gasteiger partial charge in [-0.15, -0.1) is 9.60 Å². The fraction of sp³-hybridized carbons (Fsp3) is 0.833. The number of carbonyl (C=O) groups is 1. The smallest absolute Gasteiger partial charge is 0.134 e. The van der Waals surface area contributed by atoms with Crippen molar-refractivity contribution in [1.29, 1.82) is 0 Å². The Morgan fingerprint density at radius 2 is 2.22 bits per heavy atom. The van der Waals surface area contributed by atoms with Gasteiger partial charge in [0.05, 0.1) is 0 Å². The van der Waals surface area contributed by atoms with E-state index < -0.39 is 0 Å². The van der Waals surface area contributed by atoms with E-state index in [0.717, 1.165) is 0 Å². The first-order valence-corrected chi connectivity index (χ1v) is 3.05. The van der Waals surface area contributed by atoms with Crippen LogP contribution in [0, 0.1) is 0 Å². The molecule has 0 aromatic rings. The number of halogens is 1. The third kappa shape index (κ3) is 5.43. The maximum Gasteiger partial charge on any atom is 0.134 e. The van der Waals surface area contributed by atoms with Gasteiger partial charge in [-0.05, 0) is 0 Å². The van der Waals surface area contributed by atoms with Crippen LogP contribution in [0.15, 0.2) is 0 Å². The summed E-state index contributed by atoms with van der Waals surface area (Å²) >= 11 is 0. The number of ketones is 1. The predicted octanol–water partition coefficient (Wildman–Crippen LogP) is 1.17. The fourth-order valence-corrected chi connectivity index (χ4v) is 0.456. The molecular weight excluding hydrogens is 121 g/mol. The van der Waals surface area contributed by atoms with Gasteiger partial charge in [0.15, 0.2) is 0 Å². The van der Waals surface area contributed by atoms with Gasteiger partial charge in [-0.3, -0.25) is 4.79 Å². The summed E-state index contributed by atoms with van der Waals surface area (Å²) in [5.74, 6) is 0.111. The molecule has 0 unspecified atom stereocenters. The van der Waals surface area contributed by atoms with Gasteiger partial charge in [0.2, 0.25) is 0 Å². The Morgan fingerprint density at radius 1 is 1.67 bits per heavy atom. The van der Waals surface area contributed by atoms with Crippen LogP contribution in [0.3, 0.4) is 0 Å². The van der Waals surface area contributed by atoms with Gasteiger partial charge in [-0.2, -0.15) is 0 Å². The highest BCUT2D eigenvalue weighted by atomic mass is 19.2. The largest absolute Gasteiger partial charge is 0.300 e. The van der Waals surface area contributed by atoms with Gasteiger partial charge in [-0.25, -0.2) is 0 Å². The molecule has 2 nitrogen and oxygen atoms in total. The molecule has 0 aromatic heterocycles. The maximum atomic E-state index is 11.9. The van der Waals surface area contributed by atoms with Crippen molar-refractivity contribution in [3.05, 3.63) is 0 Å². The number of Topliss-reactive ketones (excluding diaryl/α,β-unsaturated/α-hetero) is 1. The maximum absolute atomic E-state index is 11.9. The van der Waals surface area contributed by atoms with Crippen molar-refractivity contribution < 1.29 is 9.28 Å². The third-order valence-electron chi connectivity index (χ3n) is 1.09. The van der Waals surface area contributed by atoms with Gasteiger partial charge in [0.25, 0.3) is 0 Å². The van der Waals surface area contributed by atoms with Gasteiger partial charge in [0, 0.05) is 26.4 Å². The lowest BCUT2D eigenvalue weighted by Crippen LogP contribution is -2.11. The second-order valence-corrected chi connectivity index (χ2v) is 1.97. The van der Waals surface area contributed by atoms with Gasteiger partial charge < -0.3 is 0 Å². The zero-order valence-electron chi connectivity index (χ0n) is 5.85. The molecule has 0 aliphatic carbocycles. The molecule has 0 amide bonds. The number of hydrogen-bond donors (Lipinski definition) is 0. The predicted molar refractivity (Wildman–Crippen MR) is 33.7 cm³/mol. The molecular formula is C6H12FNO. The molecule has 3 heteroatoms. The summed E-state index contributed by atoms with van der Waals surface area (Å²) in [5.41, 5.74) is 0. The minimum Gasteiger partial charge on any atom is -0.300 e. The molecule has 0 aromatic carbocycles. The van der Waals surface area contributed by atoms with E-state index in [1.54, 1.807) is 6.92 Å². The molecule has 0 saturated carbocycles. The van der Waals surface area contributed by atoms with Crippen LogP contribution in [0.2, 0.25) is 0 Å². The van der Waals surface area contributed by atoms with Crippen LogP contribution in [0.5, 0.6) is 0 Å². The highest BCUT2D eigenvalue weighted by molar-refractivity contribution is 5.78. The minimum absolute atomic E-state index is 0.111. The first kappa shape index (κ1) is 8.56. The molecule has 0 bridgehead atoms. The Kier molecular flexibility index (Phi) is 4.22. The quantitative estimate of drug-likeness (QED) is 0.536. The second kappa shape index (κ2) is 4.44. The van der Waals surface area contributed by atoms with Crippen LogP contribution in [-0.2, 0) is 4.79 Å². The Balaban J connectivity index is 3.17. The van der Waals surface area contributed by atoms with Crippen LogP contribution < -0.4 is 0 Å². The van der Waals surface area contributed by atoms with Gasteiger partial charge in [0.1, 0.15) is 5.78 Å². The number of hydrogen-bond acceptors (Lipinski definition) is 2. The summed E-state index contributed by atoms with van der Waals surface area (Å²) in [6, 6.07) is 0. The average Bonchev–Trinajstić information content (AvgIpc) is 1.83. The fourth-order valence-electron chi connectivity index (χ4n) is 0.456. The standard InChI is InChI=1S/C6H12FNO/c1-3-6(9)4-5-8(2)7/h3-5H2,1-2H3. The van der Waals surface area contributed by atoms with Crippen LogP contribution in [0.25, 0.3) is 0 Å². The molecule has 0 fully saturated rings. The molecule has 0 atom stereocenters. The molecule has 0 rings (SSSR count). The molecule has 0 aliphatic heterocycles. The molecule has 9 heavy (non-hydrogen) atoms. The van der Waals surface area contributed by atoms with E-state index in [-0.39, 0.29) is 12.3 Å². The summed E-state index contributed by atoms with van der Waals surface area (Å²) in [5, 5.41) is 0.521. The lowest BCUT2D eigenvalue weighted by Gasteiger charge is -2.01. The van der Waals surface area contributed by atoms with Crippen LogP contribution in [0.4, 0.5) is 4.48 Å². The second-order valence-electron chi connectivity index (χ2n) is 1.97. The van der Waals surface area contributed by atoms with Crippen molar-refractivity contribution in [1.82, 2.24) is 5.12 Å². The molecule has 54 valence electrons.